The first kappa shape index (κ1) is 15.3. The number of amides is 2. The minimum absolute atomic E-state index is 0.0898. The molecule has 1 aromatic carbocycles. The number of rotatable bonds is 5. The molecule has 2 aromatic rings. The van der Waals surface area contributed by atoms with Gasteiger partial charge in [0.05, 0.1) is 6.10 Å². The van der Waals surface area contributed by atoms with Crippen LogP contribution < -0.4 is 10.6 Å². The lowest BCUT2D eigenvalue weighted by atomic mass is 10.2. The van der Waals surface area contributed by atoms with Crippen LogP contribution in [-0.4, -0.2) is 22.8 Å². The van der Waals surface area contributed by atoms with Crippen LogP contribution >= 0.6 is 11.3 Å². The van der Waals surface area contributed by atoms with Crippen molar-refractivity contribution in [3.63, 3.8) is 0 Å². The van der Waals surface area contributed by atoms with Crippen LogP contribution in [0.25, 0.3) is 0 Å². The van der Waals surface area contributed by atoms with Gasteiger partial charge >= 0.3 is 6.03 Å². The van der Waals surface area contributed by atoms with Gasteiger partial charge in [0.1, 0.15) is 0 Å². The summed E-state index contributed by atoms with van der Waals surface area (Å²) in [6.45, 7) is 0.212. The maximum absolute atomic E-state index is 13.1. The van der Waals surface area contributed by atoms with Crippen molar-refractivity contribution >= 4 is 17.4 Å². The number of phenolic OH excluding ortho intramolecular Hbond substituents is 1. The summed E-state index contributed by atoms with van der Waals surface area (Å²) in [4.78, 5) is 11.6. The number of hydrogen-bond donors (Lipinski definition) is 4. The third-order valence-corrected chi connectivity index (χ3v) is 3.55. The Kier molecular flexibility index (Phi) is 5.13. The number of halogens is 1. The third kappa shape index (κ3) is 4.44. The van der Waals surface area contributed by atoms with E-state index in [-0.39, 0.29) is 13.1 Å². The van der Waals surface area contributed by atoms with Gasteiger partial charge in [-0.2, -0.15) is 11.3 Å². The summed E-state index contributed by atoms with van der Waals surface area (Å²) in [7, 11) is 0. The zero-order valence-corrected chi connectivity index (χ0v) is 11.9. The Morgan fingerprint density at radius 1 is 1.33 bits per heavy atom. The average molecular weight is 310 g/mol. The minimum atomic E-state index is -0.756. The van der Waals surface area contributed by atoms with Gasteiger partial charge in [-0.15, -0.1) is 0 Å². The number of carbonyl (C=O) groups excluding carboxylic acids is 1. The van der Waals surface area contributed by atoms with Gasteiger partial charge in [-0.25, -0.2) is 9.18 Å². The number of thiophene rings is 1. The average Bonchev–Trinajstić information content (AvgIpc) is 3.00. The molecule has 2 rings (SSSR count). The smallest absolute Gasteiger partial charge is 0.315 e. The van der Waals surface area contributed by atoms with Gasteiger partial charge in [-0.1, -0.05) is 6.07 Å². The summed E-state index contributed by atoms with van der Waals surface area (Å²) in [5.41, 5.74) is 1.28. The van der Waals surface area contributed by atoms with E-state index in [4.69, 9.17) is 5.11 Å². The molecule has 0 aliphatic heterocycles. The molecular weight excluding hydrogens is 295 g/mol. The second kappa shape index (κ2) is 7.05. The SMILES string of the molecule is O=C(NCc1ccc(O)c(F)c1)NCC(O)c1ccsc1. The third-order valence-electron chi connectivity index (χ3n) is 2.85. The van der Waals surface area contributed by atoms with E-state index in [1.807, 2.05) is 10.8 Å². The maximum atomic E-state index is 13.1. The second-order valence-electron chi connectivity index (χ2n) is 4.42. The lowest BCUT2D eigenvalue weighted by Crippen LogP contribution is -2.37. The van der Waals surface area contributed by atoms with Crippen LogP contribution in [0.1, 0.15) is 17.2 Å². The fourth-order valence-corrected chi connectivity index (χ4v) is 2.38. The van der Waals surface area contributed by atoms with E-state index in [0.29, 0.717) is 5.56 Å². The highest BCUT2D eigenvalue weighted by molar-refractivity contribution is 7.07. The Balaban J connectivity index is 1.75. The summed E-state index contributed by atoms with van der Waals surface area (Å²) in [5.74, 6) is -1.16. The molecule has 7 heteroatoms. The molecule has 0 fully saturated rings. The molecule has 0 spiro atoms. The van der Waals surface area contributed by atoms with Gasteiger partial charge in [-0.3, -0.25) is 0 Å². The molecule has 0 aliphatic rings. The molecule has 112 valence electrons. The summed E-state index contributed by atoms with van der Waals surface area (Å²) in [6, 6.07) is 5.21. The van der Waals surface area contributed by atoms with Gasteiger partial charge in [0.25, 0.3) is 0 Å². The number of benzene rings is 1. The first-order valence-corrected chi connectivity index (χ1v) is 7.20. The van der Waals surface area contributed by atoms with Crippen molar-refractivity contribution in [1.29, 1.82) is 0 Å². The maximum Gasteiger partial charge on any atom is 0.315 e. The number of urea groups is 1. The lowest BCUT2D eigenvalue weighted by molar-refractivity contribution is 0.173. The predicted molar refractivity (Wildman–Crippen MR) is 77.6 cm³/mol. The number of nitrogens with one attached hydrogen (secondary N) is 2. The van der Waals surface area contributed by atoms with Crippen molar-refractivity contribution in [2.75, 3.05) is 6.54 Å². The van der Waals surface area contributed by atoms with Crippen LogP contribution in [0.15, 0.2) is 35.0 Å². The quantitative estimate of drug-likeness (QED) is 0.683. The standard InChI is InChI=1S/C14H15FN2O3S/c15-11-5-9(1-2-12(11)18)6-16-14(20)17-7-13(19)10-3-4-21-8-10/h1-5,8,13,18-19H,6-7H2,(H2,16,17,20). The zero-order valence-electron chi connectivity index (χ0n) is 11.0. The summed E-state index contributed by atoms with van der Waals surface area (Å²) >= 11 is 1.47. The molecule has 2 amide bonds. The molecule has 1 unspecified atom stereocenters. The molecule has 1 heterocycles. The van der Waals surface area contributed by atoms with Crippen molar-refractivity contribution in [2.45, 2.75) is 12.6 Å². The van der Waals surface area contributed by atoms with Gasteiger partial charge in [-0.05, 0) is 40.1 Å². The summed E-state index contributed by atoms with van der Waals surface area (Å²) in [5, 5.41) is 27.6. The molecule has 0 saturated heterocycles. The normalized spacial score (nSPS) is 11.9. The highest BCUT2D eigenvalue weighted by Gasteiger charge is 2.09. The highest BCUT2D eigenvalue weighted by Crippen LogP contribution is 2.16. The molecule has 0 saturated carbocycles. The molecule has 0 bridgehead atoms. The fourth-order valence-electron chi connectivity index (χ4n) is 1.68. The zero-order chi connectivity index (χ0) is 15.2. The monoisotopic (exact) mass is 310 g/mol. The summed E-state index contributed by atoms with van der Waals surface area (Å²) in [6.07, 6.45) is -0.756. The number of aliphatic hydroxyl groups excluding tert-OH is 1. The highest BCUT2D eigenvalue weighted by atomic mass is 32.1. The van der Waals surface area contributed by atoms with Crippen LogP contribution in [0.5, 0.6) is 5.75 Å². The Labute approximate surface area is 125 Å². The first-order valence-electron chi connectivity index (χ1n) is 6.25. The van der Waals surface area contributed by atoms with Gasteiger partial charge in [0.2, 0.25) is 0 Å². The molecular formula is C14H15FN2O3S. The predicted octanol–water partition coefficient (Wildman–Crippen LogP) is 2.13. The molecule has 1 atom stereocenters. The number of carbonyl (C=O) groups is 1. The van der Waals surface area contributed by atoms with E-state index in [2.05, 4.69) is 10.6 Å². The van der Waals surface area contributed by atoms with E-state index in [0.717, 1.165) is 11.6 Å². The lowest BCUT2D eigenvalue weighted by Gasteiger charge is -2.11. The molecule has 0 aliphatic carbocycles. The van der Waals surface area contributed by atoms with Crippen LogP contribution in [0.3, 0.4) is 0 Å². The Hall–Kier alpha value is -2.12. The number of aliphatic hydroxyl groups is 1. The van der Waals surface area contributed by atoms with Crippen LogP contribution in [0.4, 0.5) is 9.18 Å². The van der Waals surface area contributed by atoms with Crippen molar-refractivity contribution < 1.29 is 19.4 Å². The Morgan fingerprint density at radius 2 is 2.14 bits per heavy atom. The Bertz CT molecular complexity index is 604. The Morgan fingerprint density at radius 3 is 2.81 bits per heavy atom. The minimum Gasteiger partial charge on any atom is -0.505 e. The topological polar surface area (TPSA) is 81.6 Å². The van der Waals surface area contributed by atoms with Crippen molar-refractivity contribution in [1.82, 2.24) is 10.6 Å². The number of phenols is 1. The molecule has 21 heavy (non-hydrogen) atoms. The van der Waals surface area contributed by atoms with Crippen LogP contribution in [0, 0.1) is 5.82 Å². The molecule has 4 N–H and O–H groups in total. The molecule has 5 nitrogen and oxygen atoms in total. The molecule has 1 aromatic heterocycles. The largest absolute Gasteiger partial charge is 0.505 e. The van der Waals surface area contributed by atoms with Crippen LogP contribution in [-0.2, 0) is 6.54 Å². The van der Waals surface area contributed by atoms with E-state index >= 15 is 0 Å². The van der Waals surface area contributed by atoms with E-state index in [1.165, 1.54) is 23.5 Å². The van der Waals surface area contributed by atoms with Gasteiger partial charge in [0, 0.05) is 13.1 Å². The molecule has 0 radical (unpaired) electrons. The number of hydrogen-bond acceptors (Lipinski definition) is 4. The van der Waals surface area contributed by atoms with Gasteiger partial charge in [0.15, 0.2) is 11.6 Å². The van der Waals surface area contributed by atoms with Gasteiger partial charge < -0.3 is 20.8 Å². The second-order valence-corrected chi connectivity index (χ2v) is 5.20. The van der Waals surface area contributed by atoms with Crippen molar-refractivity contribution in [3.8, 4) is 5.75 Å². The van der Waals surface area contributed by atoms with E-state index < -0.39 is 23.7 Å². The van der Waals surface area contributed by atoms with Crippen molar-refractivity contribution in [3.05, 3.63) is 52.0 Å². The first-order chi connectivity index (χ1) is 10.1. The number of aromatic hydroxyl groups is 1. The fraction of sp³-hybridized carbons (Fsp3) is 0.214. The van der Waals surface area contributed by atoms with Crippen LogP contribution in [0.2, 0.25) is 0 Å². The van der Waals surface area contributed by atoms with E-state index in [9.17, 15) is 14.3 Å². The van der Waals surface area contributed by atoms with Crippen molar-refractivity contribution in [2.24, 2.45) is 0 Å². The summed E-state index contributed by atoms with van der Waals surface area (Å²) < 4.78 is 13.1. The van der Waals surface area contributed by atoms with E-state index in [1.54, 1.807) is 6.07 Å².